The van der Waals surface area contributed by atoms with Crippen LogP contribution in [0, 0.1) is 13.8 Å². The summed E-state index contributed by atoms with van der Waals surface area (Å²) in [4.78, 5) is 13.5. The van der Waals surface area contributed by atoms with Gasteiger partial charge in [-0.3, -0.25) is 4.79 Å². The summed E-state index contributed by atoms with van der Waals surface area (Å²) in [6.07, 6.45) is 0. The molecule has 2 N–H and O–H groups in total. The molecule has 0 saturated carbocycles. The van der Waals surface area contributed by atoms with Gasteiger partial charge in [-0.1, -0.05) is 36.4 Å². The third kappa shape index (κ3) is 5.64. The lowest BCUT2D eigenvalue weighted by Gasteiger charge is -2.31. The van der Waals surface area contributed by atoms with Crippen LogP contribution in [0.3, 0.4) is 0 Å². The lowest BCUT2D eigenvalue weighted by Crippen LogP contribution is -3.15. The number of rotatable bonds is 6. The molecule has 1 aliphatic rings. The monoisotopic (exact) mass is 402 g/mol. The number of nitrogens with zero attached hydrogens (tertiary/aromatic N) is 1. The van der Waals surface area contributed by atoms with Crippen molar-refractivity contribution >= 4 is 21.6 Å². The van der Waals surface area contributed by atoms with E-state index in [4.69, 9.17) is 0 Å². The fourth-order valence-electron chi connectivity index (χ4n) is 3.61. The largest absolute Gasteiger partial charge is 0.325 e. The Bertz CT molecular complexity index is 901. The number of hydrogen-bond acceptors (Lipinski definition) is 3. The maximum atomic E-state index is 12.6. The summed E-state index contributed by atoms with van der Waals surface area (Å²) in [6, 6.07) is 15.2. The van der Waals surface area contributed by atoms with Crippen LogP contribution < -0.4 is 10.2 Å². The average Bonchev–Trinajstić information content (AvgIpc) is 2.61. The van der Waals surface area contributed by atoms with E-state index in [-0.39, 0.29) is 11.7 Å². The number of piperazine rings is 1. The molecular weight excluding hydrogens is 374 g/mol. The van der Waals surface area contributed by atoms with Crippen molar-refractivity contribution in [1.82, 2.24) is 4.31 Å². The summed E-state index contributed by atoms with van der Waals surface area (Å²) in [7, 11) is -3.33. The van der Waals surface area contributed by atoms with Gasteiger partial charge in [-0.2, -0.15) is 4.31 Å². The van der Waals surface area contributed by atoms with Crippen molar-refractivity contribution in [3.63, 3.8) is 0 Å². The summed E-state index contributed by atoms with van der Waals surface area (Å²) >= 11 is 0. The summed E-state index contributed by atoms with van der Waals surface area (Å²) < 4.78 is 26.8. The molecule has 3 rings (SSSR count). The Hall–Kier alpha value is -2.22. The van der Waals surface area contributed by atoms with E-state index in [0.717, 1.165) is 27.3 Å². The van der Waals surface area contributed by atoms with E-state index >= 15 is 0 Å². The van der Waals surface area contributed by atoms with Crippen LogP contribution in [0.4, 0.5) is 5.69 Å². The zero-order chi connectivity index (χ0) is 20.1. The number of aryl methyl sites for hydroxylation is 2. The Balaban J connectivity index is 1.50. The first-order valence-electron chi connectivity index (χ1n) is 9.55. The lowest BCUT2D eigenvalue weighted by atomic mass is 10.1. The van der Waals surface area contributed by atoms with Crippen LogP contribution in [0.1, 0.15) is 16.7 Å². The molecule has 1 saturated heterocycles. The van der Waals surface area contributed by atoms with Gasteiger partial charge in [-0.05, 0) is 42.7 Å². The molecule has 0 unspecified atom stereocenters. The summed E-state index contributed by atoms with van der Waals surface area (Å²) in [5.74, 6) is -0.0169. The Morgan fingerprint density at radius 3 is 2.25 bits per heavy atom. The molecule has 1 amide bonds. The molecule has 2 aromatic carbocycles. The van der Waals surface area contributed by atoms with Crippen molar-refractivity contribution in [2.24, 2.45) is 0 Å². The highest BCUT2D eigenvalue weighted by Crippen LogP contribution is 2.13. The zero-order valence-electron chi connectivity index (χ0n) is 16.4. The van der Waals surface area contributed by atoms with Crippen LogP contribution in [0.5, 0.6) is 0 Å². The van der Waals surface area contributed by atoms with Crippen molar-refractivity contribution in [2.45, 2.75) is 19.6 Å². The van der Waals surface area contributed by atoms with E-state index in [1.54, 1.807) is 4.31 Å². The normalized spacial score (nSPS) is 16.1. The number of carbonyl (C=O) groups excluding carboxylic acids is 1. The zero-order valence-corrected chi connectivity index (χ0v) is 17.3. The maximum absolute atomic E-state index is 12.6. The molecule has 6 nitrogen and oxygen atoms in total. The van der Waals surface area contributed by atoms with E-state index in [0.29, 0.717) is 32.7 Å². The van der Waals surface area contributed by atoms with Crippen LogP contribution in [0.25, 0.3) is 0 Å². The summed E-state index contributed by atoms with van der Waals surface area (Å²) in [6.45, 7) is 6.51. The molecule has 0 aliphatic carbocycles. The number of hydrogen-bond donors (Lipinski definition) is 2. The molecule has 1 heterocycles. The first-order chi connectivity index (χ1) is 13.3. The van der Waals surface area contributed by atoms with Gasteiger partial charge in [0.25, 0.3) is 5.91 Å². The molecule has 0 bridgehead atoms. The molecule has 2 aromatic rings. The predicted molar refractivity (Wildman–Crippen MR) is 111 cm³/mol. The standard InChI is InChI=1S/C21H27N3O3S/c1-17-12-18(2)14-20(13-17)22-21(25)15-23-8-10-24(11-9-23)28(26,27)16-19-6-4-3-5-7-19/h3-7,12-14H,8-11,15-16H2,1-2H3,(H,22,25)/p+1. The molecule has 7 heteroatoms. The second-order valence-corrected chi connectivity index (χ2v) is 9.46. The number of nitrogens with one attached hydrogen (secondary N) is 2. The predicted octanol–water partition coefficient (Wildman–Crippen LogP) is 0.972. The van der Waals surface area contributed by atoms with Gasteiger partial charge in [-0.25, -0.2) is 8.42 Å². The van der Waals surface area contributed by atoms with E-state index in [9.17, 15) is 13.2 Å². The second-order valence-electron chi connectivity index (χ2n) is 7.49. The Morgan fingerprint density at radius 1 is 1.04 bits per heavy atom. The number of sulfonamides is 1. The molecule has 0 atom stereocenters. The van der Waals surface area contributed by atoms with E-state index in [1.165, 1.54) is 0 Å². The number of benzene rings is 2. The molecule has 150 valence electrons. The van der Waals surface area contributed by atoms with Crippen molar-refractivity contribution < 1.29 is 18.1 Å². The van der Waals surface area contributed by atoms with Crippen LogP contribution >= 0.6 is 0 Å². The number of anilines is 1. The minimum Gasteiger partial charge on any atom is -0.325 e. The van der Waals surface area contributed by atoms with Crippen molar-refractivity contribution in [2.75, 3.05) is 38.0 Å². The average molecular weight is 403 g/mol. The molecule has 0 spiro atoms. The number of amides is 1. The van der Waals surface area contributed by atoms with Crippen LogP contribution in [0.2, 0.25) is 0 Å². The highest BCUT2D eigenvalue weighted by molar-refractivity contribution is 7.88. The van der Waals surface area contributed by atoms with Crippen LogP contribution in [0.15, 0.2) is 48.5 Å². The highest BCUT2D eigenvalue weighted by Gasteiger charge is 2.30. The molecule has 1 aliphatic heterocycles. The SMILES string of the molecule is Cc1cc(C)cc(NC(=O)C[NH+]2CCN(S(=O)(=O)Cc3ccccc3)CC2)c1. The Labute approximate surface area is 167 Å². The van der Waals surface area contributed by atoms with Gasteiger partial charge in [0.15, 0.2) is 6.54 Å². The number of quaternary nitrogens is 1. The number of carbonyl (C=O) groups is 1. The minimum atomic E-state index is -3.33. The van der Waals surface area contributed by atoms with Gasteiger partial charge < -0.3 is 10.2 Å². The molecule has 1 fully saturated rings. The van der Waals surface area contributed by atoms with Gasteiger partial charge in [0.2, 0.25) is 10.0 Å². The molecule has 28 heavy (non-hydrogen) atoms. The summed E-state index contributed by atoms with van der Waals surface area (Å²) in [5.41, 5.74) is 3.83. The third-order valence-electron chi connectivity index (χ3n) is 4.93. The fraction of sp³-hybridized carbons (Fsp3) is 0.381. The summed E-state index contributed by atoms with van der Waals surface area (Å²) in [5, 5.41) is 2.95. The van der Waals surface area contributed by atoms with E-state index in [2.05, 4.69) is 11.4 Å². The molecule has 0 aromatic heterocycles. The quantitative estimate of drug-likeness (QED) is 0.757. The van der Waals surface area contributed by atoms with Crippen molar-refractivity contribution in [3.8, 4) is 0 Å². The maximum Gasteiger partial charge on any atom is 0.279 e. The molecule has 0 radical (unpaired) electrons. The highest BCUT2D eigenvalue weighted by atomic mass is 32.2. The Kier molecular flexibility index (Phi) is 6.49. The van der Waals surface area contributed by atoms with E-state index < -0.39 is 10.0 Å². The van der Waals surface area contributed by atoms with Crippen LogP contribution in [-0.4, -0.2) is 51.4 Å². The fourth-order valence-corrected chi connectivity index (χ4v) is 5.15. The first kappa shape index (κ1) is 20.5. The van der Waals surface area contributed by atoms with Crippen LogP contribution in [-0.2, 0) is 20.6 Å². The first-order valence-corrected chi connectivity index (χ1v) is 11.2. The van der Waals surface area contributed by atoms with Gasteiger partial charge in [0.1, 0.15) is 0 Å². The Morgan fingerprint density at radius 2 is 1.64 bits per heavy atom. The van der Waals surface area contributed by atoms with Gasteiger partial charge >= 0.3 is 0 Å². The van der Waals surface area contributed by atoms with Gasteiger partial charge in [-0.15, -0.1) is 0 Å². The van der Waals surface area contributed by atoms with Crippen molar-refractivity contribution in [1.29, 1.82) is 0 Å². The smallest absolute Gasteiger partial charge is 0.279 e. The molecular formula is C21H28N3O3S+. The topological polar surface area (TPSA) is 70.9 Å². The second kappa shape index (κ2) is 8.86. The van der Waals surface area contributed by atoms with Gasteiger partial charge in [0.05, 0.1) is 31.9 Å². The van der Waals surface area contributed by atoms with Crippen molar-refractivity contribution in [3.05, 3.63) is 65.2 Å². The lowest BCUT2D eigenvalue weighted by molar-refractivity contribution is -0.895. The minimum absolute atomic E-state index is 0.0242. The van der Waals surface area contributed by atoms with E-state index in [1.807, 2.05) is 56.3 Å². The van der Waals surface area contributed by atoms with Gasteiger partial charge in [0, 0.05) is 5.69 Å². The third-order valence-corrected chi connectivity index (χ3v) is 6.78.